The zero-order valence-corrected chi connectivity index (χ0v) is 7.57. The molecule has 2 aliphatic carbocycles. The lowest BCUT2D eigenvalue weighted by atomic mass is 9.82. The third-order valence-electron chi connectivity index (χ3n) is 4.04. The minimum Gasteiger partial charge on any atom is -0.392 e. The van der Waals surface area contributed by atoms with Crippen LogP contribution in [0.15, 0.2) is 0 Å². The first-order valence-electron chi connectivity index (χ1n) is 4.68. The first-order valence-corrected chi connectivity index (χ1v) is 5.22. The van der Waals surface area contributed by atoms with Crippen molar-refractivity contribution < 1.29 is 9.84 Å². The van der Waals surface area contributed by atoms with Crippen LogP contribution in [0.3, 0.4) is 0 Å². The maximum absolute atomic E-state index is 9.87. The summed E-state index contributed by atoms with van der Waals surface area (Å²) >= 11 is 5.89. The van der Waals surface area contributed by atoms with Gasteiger partial charge in [0.05, 0.1) is 18.8 Å². The predicted octanol–water partition coefficient (Wildman–Crippen LogP) is 0.867. The van der Waals surface area contributed by atoms with Gasteiger partial charge >= 0.3 is 0 Å². The highest BCUT2D eigenvalue weighted by atomic mass is 35.5. The second kappa shape index (κ2) is 2.37. The van der Waals surface area contributed by atoms with E-state index in [0.717, 1.165) is 13.0 Å². The van der Waals surface area contributed by atoms with Crippen LogP contribution in [0, 0.1) is 23.7 Å². The molecule has 0 radical (unpaired) electrons. The third-order valence-corrected chi connectivity index (χ3v) is 4.40. The van der Waals surface area contributed by atoms with Gasteiger partial charge in [-0.3, -0.25) is 0 Å². The van der Waals surface area contributed by atoms with Crippen molar-refractivity contribution >= 4 is 11.6 Å². The van der Waals surface area contributed by atoms with Crippen molar-refractivity contribution in [2.45, 2.75) is 18.6 Å². The summed E-state index contributed by atoms with van der Waals surface area (Å²) in [6.45, 7) is 0.834. The number of aliphatic hydroxyl groups excluding tert-OH is 1. The van der Waals surface area contributed by atoms with Gasteiger partial charge in [0.15, 0.2) is 0 Å². The molecule has 0 aromatic heterocycles. The lowest BCUT2D eigenvalue weighted by molar-refractivity contribution is 0.0819. The highest BCUT2D eigenvalue weighted by Gasteiger charge is 2.61. The summed E-state index contributed by atoms with van der Waals surface area (Å²) in [5.74, 6) is 2.62. The monoisotopic (exact) mass is 188 g/mol. The molecule has 3 heteroatoms. The second-order valence-corrected chi connectivity index (χ2v) is 4.63. The Balaban J connectivity index is 1.96. The van der Waals surface area contributed by atoms with Gasteiger partial charge in [-0.05, 0) is 24.2 Å². The summed E-state index contributed by atoms with van der Waals surface area (Å²) < 4.78 is 5.61. The van der Waals surface area contributed by atoms with Crippen LogP contribution in [-0.4, -0.2) is 29.8 Å². The molecule has 2 bridgehead atoms. The minimum atomic E-state index is -0.119. The number of halogens is 1. The molecule has 0 spiro atoms. The highest BCUT2D eigenvalue weighted by Crippen LogP contribution is 2.57. The fourth-order valence-corrected chi connectivity index (χ4v) is 3.97. The number of ether oxygens (including phenoxy) is 1. The van der Waals surface area contributed by atoms with Gasteiger partial charge in [0, 0.05) is 11.8 Å². The summed E-state index contributed by atoms with van der Waals surface area (Å²) in [5.41, 5.74) is 0. The zero-order valence-electron chi connectivity index (χ0n) is 6.82. The van der Waals surface area contributed by atoms with Crippen LogP contribution in [-0.2, 0) is 4.74 Å². The summed E-state index contributed by atoms with van der Waals surface area (Å²) in [6, 6.07) is 0. The maximum atomic E-state index is 9.87. The molecule has 3 fully saturated rings. The molecule has 6 unspecified atom stereocenters. The molecule has 0 amide bonds. The number of rotatable bonds is 1. The highest BCUT2D eigenvalue weighted by molar-refractivity contribution is 6.18. The van der Waals surface area contributed by atoms with E-state index < -0.39 is 0 Å². The molecule has 2 nitrogen and oxygen atoms in total. The summed E-state index contributed by atoms with van der Waals surface area (Å²) in [5, 5.41) is 9.87. The second-order valence-electron chi connectivity index (χ2n) is 4.32. The molecule has 6 atom stereocenters. The number of hydrogen-bond acceptors (Lipinski definition) is 2. The van der Waals surface area contributed by atoms with Gasteiger partial charge in [-0.1, -0.05) is 0 Å². The Hall–Kier alpha value is 0.210. The Bertz CT molecular complexity index is 207. The molecule has 0 aromatic rings. The van der Waals surface area contributed by atoms with Crippen LogP contribution in [0.25, 0.3) is 0 Å². The number of fused-ring (bicyclic) bond motifs is 1. The van der Waals surface area contributed by atoms with Crippen LogP contribution < -0.4 is 0 Å². The SMILES string of the molecule is OC1C2CC3OCC(C2CCl)C31. The molecule has 2 saturated carbocycles. The van der Waals surface area contributed by atoms with Crippen molar-refractivity contribution in [3.8, 4) is 0 Å². The largest absolute Gasteiger partial charge is 0.392 e. The smallest absolute Gasteiger partial charge is 0.0635 e. The van der Waals surface area contributed by atoms with Gasteiger partial charge in [-0.25, -0.2) is 0 Å². The fraction of sp³-hybridized carbons (Fsp3) is 1.00. The Kier molecular flexibility index (Phi) is 1.50. The average molecular weight is 189 g/mol. The van der Waals surface area contributed by atoms with Crippen LogP contribution in [0.2, 0.25) is 0 Å². The zero-order chi connectivity index (χ0) is 8.29. The summed E-state index contributed by atoms with van der Waals surface area (Å²) in [6.07, 6.45) is 1.28. The van der Waals surface area contributed by atoms with E-state index in [1.807, 2.05) is 0 Å². The van der Waals surface area contributed by atoms with Gasteiger partial charge in [-0.15, -0.1) is 11.6 Å². The molecule has 0 aromatic carbocycles. The first kappa shape index (κ1) is 7.60. The fourth-order valence-electron chi connectivity index (χ4n) is 3.51. The van der Waals surface area contributed by atoms with E-state index in [2.05, 4.69) is 0 Å². The van der Waals surface area contributed by atoms with Gasteiger partial charge in [0.25, 0.3) is 0 Å². The van der Waals surface area contributed by atoms with Gasteiger partial charge in [0.2, 0.25) is 0 Å². The normalized spacial score (nSPS) is 61.5. The Morgan fingerprint density at radius 1 is 1.42 bits per heavy atom. The summed E-state index contributed by atoms with van der Waals surface area (Å²) in [4.78, 5) is 0. The Morgan fingerprint density at radius 3 is 3.00 bits per heavy atom. The number of aliphatic hydroxyl groups is 1. The minimum absolute atomic E-state index is 0.119. The van der Waals surface area contributed by atoms with E-state index in [1.54, 1.807) is 0 Å². The molecule has 1 aliphatic heterocycles. The van der Waals surface area contributed by atoms with Gasteiger partial charge in [-0.2, -0.15) is 0 Å². The quantitative estimate of drug-likeness (QED) is 0.619. The third kappa shape index (κ3) is 0.699. The predicted molar refractivity (Wildman–Crippen MR) is 45.0 cm³/mol. The molecule has 3 aliphatic rings. The van der Waals surface area contributed by atoms with Crippen LogP contribution in [0.4, 0.5) is 0 Å². The molecular formula is C9H13ClO2. The molecule has 3 rings (SSSR count). The van der Waals surface area contributed by atoms with Crippen molar-refractivity contribution in [1.82, 2.24) is 0 Å². The van der Waals surface area contributed by atoms with E-state index in [1.165, 1.54) is 0 Å². The van der Waals surface area contributed by atoms with Crippen molar-refractivity contribution in [2.75, 3.05) is 12.5 Å². The van der Waals surface area contributed by atoms with Crippen LogP contribution in [0.5, 0.6) is 0 Å². The molecular weight excluding hydrogens is 176 g/mol. The average Bonchev–Trinajstić information content (AvgIpc) is 2.61. The van der Waals surface area contributed by atoms with Crippen molar-refractivity contribution in [3.05, 3.63) is 0 Å². The van der Waals surface area contributed by atoms with Crippen LogP contribution in [0.1, 0.15) is 6.42 Å². The maximum Gasteiger partial charge on any atom is 0.0635 e. The van der Waals surface area contributed by atoms with Crippen molar-refractivity contribution in [1.29, 1.82) is 0 Å². The van der Waals surface area contributed by atoms with Gasteiger partial charge < -0.3 is 9.84 Å². The lowest BCUT2D eigenvalue weighted by Gasteiger charge is -2.23. The van der Waals surface area contributed by atoms with E-state index in [4.69, 9.17) is 16.3 Å². The Morgan fingerprint density at radius 2 is 2.25 bits per heavy atom. The molecule has 1 heterocycles. The van der Waals surface area contributed by atoms with E-state index in [0.29, 0.717) is 35.7 Å². The van der Waals surface area contributed by atoms with E-state index in [9.17, 15) is 5.11 Å². The molecule has 1 saturated heterocycles. The Labute approximate surface area is 76.9 Å². The lowest BCUT2D eigenvalue weighted by Crippen LogP contribution is -2.25. The standard InChI is InChI=1S/C9H13ClO2/c10-2-5-4-1-7-8(9(4)11)6(5)3-12-7/h4-9,11H,1-3H2. The van der Waals surface area contributed by atoms with Crippen molar-refractivity contribution in [2.24, 2.45) is 23.7 Å². The molecule has 1 N–H and O–H groups in total. The van der Waals surface area contributed by atoms with Gasteiger partial charge in [0.1, 0.15) is 0 Å². The van der Waals surface area contributed by atoms with E-state index >= 15 is 0 Å². The van der Waals surface area contributed by atoms with Crippen molar-refractivity contribution in [3.63, 3.8) is 0 Å². The number of hydrogen-bond donors (Lipinski definition) is 1. The van der Waals surface area contributed by atoms with E-state index in [-0.39, 0.29) is 6.10 Å². The topological polar surface area (TPSA) is 29.5 Å². The first-order chi connectivity index (χ1) is 5.83. The molecule has 68 valence electrons. The van der Waals surface area contributed by atoms with Crippen LogP contribution >= 0.6 is 11.6 Å². The summed E-state index contributed by atoms with van der Waals surface area (Å²) in [7, 11) is 0. The molecule has 12 heavy (non-hydrogen) atoms. The number of alkyl halides is 1.